The number of aliphatic hydroxyl groups is 1. The number of nitrogens with two attached hydrogens (primary N) is 2. The molecule has 5 heterocycles. The number of pyridine rings is 3. The number of methoxy groups -OCH3 is 1. The van der Waals surface area contributed by atoms with Crippen molar-refractivity contribution in [1.29, 1.82) is 0 Å². The first-order valence-electron chi connectivity index (χ1n) is 12.8. The van der Waals surface area contributed by atoms with E-state index in [4.69, 9.17) is 16.2 Å². The Balaban J connectivity index is 1.20. The maximum atomic E-state index is 13.9. The molecule has 6 N–H and O–H groups in total. The van der Waals surface area contributed by atoms with Gasteiger partial charge in [0.05, 0.1) is 24.1 Å². The maximum absolute atomic E-state index is 13.9. The van der Waals surface area contributed by atoms with E-state index in [0.29, 0.717) is 37.5 Å². The molecule has 0 aliphatic carbocycles. The molecule has 0 aromatic carbocycles. The molecule has 5 rings (SSSR count). The highest BCUT2D eigenvalue weighted by molar-refractivity contribution is 7.21. The Hall–Kier alpha value is -4.01. The summed E-state index contributed by atoms with van der Waals surface area (Å²) in [5.74, 6) is -0.215. The van der Waals surface area contributed by atoms with Crippen molar-refractivity contribution in [3.63, 3.8) is 0 Å². The fourth-order valence-corrected chi connectivity index (χ4v) is 5.78. The standard InChI is InChI=1S/C27H28F3N7O3S/c1-40-21-5-3-15(12-35-21)14-2-4-18(34-11-14)19(38)13-33-16-6-8-37(9-7-16)20-10-17(27(28,29)30)22-23(31)24(25(32)39)41-26(22)36-20/h2-5,10-12,16,19,33,38H,6-9,13,31H2,1H3,(H2,32,39). The quantitative estimate of drug-likeness (QED) is 0.241. The Kier molecular flexibility index (Phi) is 7.98. The summed E-state index contributed by atoms with van der Waals surface area (Å²) < 4.78 is 46.8. The highest BCUT2D eigenvalue weighted by atomic mass is 32.1. The molecular weight excluding hydrogens is 559 g/mol. The number of nitrogens with one attached hydrogen (secondary N) is 1. The van der Waals surface area contributed by atoms with Crippen LogP contribution >= 0.6 is 11.3 Å². The van der Waals surface area contributed by atoms with Crippen molar-refractivity contribution in [2.24, 2.45) is 5.73 Å². The monoisotopic (exact) mass is 587 g/mol. The van der Waals surface area contributed by atoms with Crippen LogP contribution in [0.25, 0.3) is 21.3 Å². The lowest BCUT2D eigenvalue weighted by Crippen LogP contribution is -2.44. The maximum Gasteiger partial charge on any atom is 0.417 e. The summed E-state index contributed by atoms with van der Waals surface area (Å²) in [6.07, 6.45) is -0.904. The molecule has 1 fully saturated rings. The number of primary amides is 1. The van der Waals surface area contributed by atoms with Gasteiger partial charge < -0.3 is 31.5 Å². The third-order valence-electron chi connectivity index (χ3n) is 7.04. The summed E-state index contributed by atoms with van der Waals surface area (Å²) in [7, 11) is 1.55. The number of carbonyl (C=O) groups is 1. The van der Waals surface area contributed by atoms with Crippen LogP contribution in [0, 0.1) is 0 Å². The number of ether oxygens (including phenoxy) is 1. The fraction of sp³-hybridized carbons (Fsp3) is 0.333. The van der Waals surface area contributed by atoms with Gasteiger partial charge in [0.15, 0.2) is 0 Å². The van der Waals surface area contributed by atoms with Gasteiger partial charge in [0.25, 0.3) is 5.91 Å². The number of hydrogen-bond donors (Lipinski definition) is 4. The lowest BCUT2D eigenvalue weighted by Gasteiger charge is -2.34. The molecule has 0 radical (unpaired) electrons. The second-order valence-corrected chi connectivity index (χ2v) is 10.7. The smallest absolute Gasteiger partial charge is 0.417 e. The lowest BCUT2D eigenvalue weighted by molar-refractivity contribution is -0.136. The van der Waals surface area contributed by atoms with E-state index in [2.05, 4.69) is 20.3 Å². The minimum atomic E-state index is -4.69. The Morgan fingerprint density at radius 3 is 2.44 bits per heavy atom. The van der Waals surface area contributed by atoms with Crippen LogP contribution in [0.1, 0.15) is 39.9 Å². The number of fused-ring (bicyclic) bond motifs is 1. The molecule has 4 aromatic rings. The van der Waals surface area contributed by atoms with Crippen molar-refractivity contribution in [3.05, 3.63) is 58.9 Å². The number of amides is 1. The van der Waals surface area contributed by atoms with Crippen LogP contribution in [0.5, 0.6) is 5.88 Å². The molecule has 1 unspecified atom stereocenters. The zero-order chi connectivity index (χ0) is 29.3. The molecule has 1 saturated heterocycles. The SMILES string of the molecule is COc1ccc(-c2ccc(C(O)CNC3CCN(c4cc(C(F)(F)F)c5c(N)c(C(N)=O)sc5n4)CC3)nc2)cn1. The molecule has 1 atom stereocenters. The minimum Gasteiger partial charge on any atom is -0.481 e. The first-order chi connectivity index (χ1) is 19.5. The van der Waals surface area contributed by atoms with E-state index in [1.807, 2.05) is 12.1 Å². The predicted molar refractivity (Wildman–Crippen MR) is 150 cm³/mol. The van der Waals surface area contributed by atoms with Crippen molar-refractivity contribution >= 4 is 39.0 Å². The van der Waals surface area contributed by atoms with Gasteiger partial charge in [0.1, 0.15) is 21.6 Å². The highest BCUT2D eigenvalue weighted by Gasteiger charge is 2.37. The van der Waals surface area contributed by atoms with Gasteiger partial charge in [-0.3, -0.25) is 9.78 Å². The van der Waals surface area contributed by atoms with E-state index in [9.17, 15) is 23.1 Å². The topological polar surface area (TPSA) is 153 Å². The number of aliphatic hydroxyl groups excluding tert-OH is 1. The van der Waals surface area contributed by atoms with Gasteiger partial charge in [-0.2, -0.15) is 13.2 Å². The summed E-state index contributed by atoms with van der Waals surface area (Å²) in [5, 5.41) is 13.7. The van der Waals surface area contributed by atoms with Crippen molar-refractivity contribution in [3.8, 4) is 17.0 Å². The number of rotatable bonds is 8. The summed E-state index contributed by atoms with van der Waals surface area (Å²) in [4.78, 5) is 26.3. The van der Waals surface area contributed by atoms with Crippen molar-refractivity contribution in [2.75, 3.05) is 37.4 Å². The predicted octanol–water partition coefficient (Wildman–Crippen LogP) is 3.75. The zero-order valence-corrected chi connectivity index (χ0v) is 22.8. The van der Waals surface area contributed by atoms with Crippen LogP contribution in [-0.2, 0) is 6.18 Å². The van der Waals surface area contributed by atoms with Crippen LogP contribution in [-0.4, -0.2) is 58.8 Å². The van der Waals surface area contributed by atoms with Crippen LogP contribution in [0.3, 0.4) is 0 Å². The Bertz CT molecular complexity index is 1540. The van der Waals surface area contributed by atoms with Crippen LogP contribution in [0.2, 0.25) is 0 Å². The molecule has 0 spiro atoms. The fourth-order valence-electron chi connectivity index (χ4n) is 4.82. The minimum absolute atomic E-state index is 0.0197. The van der Waals surface area contributed by atoms with E-state index >= 15 is 0 Å². The zero-order valence-electron chi connectivity index (χ0n) is 22.0. The van der Waals surface area contributed by atoms with Gasteiger partial charge in [-0.1, -0.05) is 6.07 Å². The molecule has 14 heteroatoms. The van der Waals surface area contributed by atoms with E-state index in [0.717, 1.165) is 28.5 Å². The number of aromatic nitrogens is 3. The molecule has 1 amide bonds. The van der Waals surface area contributed by atoms with E-state index in [1.54, 1.807) is 36.5 Å². The Labute approximate surface area is 237 Å². The first kappa shape index (κ1) is 28.5. The van der Waals surface area contributed by atoms with Gasteiger partial charge in [0.2, 0.25) is 5.88 Å². The third kappa shape index (κ3) is 6.04. The number of hydrogen-bond acceptors (Lipinski definition) is 10. The van der Waals surface area contributed by atoms with Crippen LogP contribution < -0.4 is 26.4 Å². The normalized spacial score (nSPS) is 15.3. The number of anilines is 2. The average molecular weight is 588 g/mol. The van der Waals surface area contributed by atoms with Crippen LogP contribution in [0.4, 0.5) is 24.7 Å². The number of alkyl halides is 3. The van der Waals surface area contributed by atoms with E-state index < -0.39 is 23.8 Å². The largest absolute Gasteiger partial charge is 0.481 e. The van der Waals surface area contributed by atoms with Gasteiger partial charge in [-0.25, -0.2) is 9.97 Å². The van der Waals surface area contributed by atoms with Gasteiger partial charge in [-0.15, -0.1) is 11.3 Å². The van der Waals surface area contributed by atoms with Gasteiger partial charge in [-0.05, 0) is 31.0 Å². The molecular formula is C27H28F3N7O3S. The lowest BCUT2D eigenvalue weighted by atomic mass is 10.0. The van der Waals surface area contributed by atoms with Gasteiger partial charge >= 0.3 is 6.18 Å². The third-order valence-corrected chi connectivity index (χ3v) is 8.15. The van der Waals surface area contributed by atoms with Crippen molar-refractivity contribution < 1.29 is 27.8 Å². The molecule has 1 aliphatic heterocycles. The van der Waals surface area contributed by atoms with Gasteiger partial charge in [0, 0.05) is 60.6 Å². The molecule has 0 saturated carbocycles. The Morgan fingerprint density at radius 2 is 1.88 bits per heavy atom. The summed E-state index contributed by atoms with van der Waals surface area (Å²) >= 11 is 0.760. The summed E-state index contributed by atoms with van der Waals surface area (Å²) in [6.45, 7) is 1.18. The summed E-state index contributed by atoms with van der Waals surface area (Å²) in [6, 6.07) is 8.28. The molecule has 10 nitrogen and oxygen atoms in total. The molecule has 216 valence electrons. The highest BCUT2D eigenvalue weighted by Crippen LogP contribution is 2.43. The van der Waals surface area contributed by atoms with Crippen LogP contribution in [0.15, 0.2) is 42.7 Å². The second kappa shape index (κ2) is 11.5. The molecule has 41 heavy (non-hydrogen) atoms. The van der Waals surface area contributed by atoms with Crippen molar-refractivity contribution in [2.45, 2.75) is 31.2 Å². The number of piperidine rings is 1. The second-order valence-electron chi connectivity index (χ2n) is 9.66. The van der Waals surface area contributed by atoms with E-state index in [1.165, 1.54) is 0 Å². The van der Waals surface area contributed by atoms with E-state index in [-0.39, 0.29) is 39.2 Å². The number of halogens is 3. The number of thiophene rings is 1. The number of nitrogens with zero attached hydrogens (tertiary/aromatic N) is 4. The first-order valence-corrected chi connectivity index (χ1v) is 13.6. The Morgan fingerprint density at radius 1 is 1.20 bits per heavy atom. The van der Waals surface area contributed by atoms with Crippen molar-refractivity contribution in [1.82, 2.24) is 20.3 Å². The summed E-state index contributed by atoms with van der Waals surface area (Å²) in [5.41, 5.74) is 12.1. The number of carbonyl (C=O) groups excluding carboxylic acids is 1. The molecule has 1 aliphatic rings. The number of nitrogen functional groups attached to an aromatic ring is 1. The average Bonchev–Trinajstić information content (AvgIpc) is 3.31. The molecule has 4 aromatic heterocycles. The molecule has 0 bridgehead atoms.